The van der Waals surface area contributed by atoms with Crippen LogP contribution in [0.1, 0.15) is 12.8 Å². The van der Waals surface area contributed by atoms with Gasteiger partial charge in [0.05, 0.1) is 18.5 Å². The zero-order valence-electron chi connectivity index (χ0n) is 16.7. The molecule has 5 rings (SSSR count). The summed E-state index contributed by atoms with van der Waals surface area (Å²) in [5.41, 5.74) is 10.1. The highest BCUT2D eigenvalue weighted by Crippen LogP contribution is 2.39. The van der Waals surface area contributed by atoms with E-state index in [2.05, 4.69) is 53.0 Å². The molecule has 2 atom stereocenters. The summed E-state index contributed by atoms with van der Waals surface area (Å²) in [6.45, 7) is 1.80. The van der Waals surface area contributed by atoms with E-state index in [1.54, 1.807) is 7.11 Å². The van der Waals surface area contributed by atoms with E-state index in [-0.39, 0.29) is 0 Å². The summed E-state index contributed by atoms with van der Waals surface area (Å²) in [5.74, 6) is 1.24. The molecule has 2 N–H and O–H groups in total. The number of fused-ring (bicyclic) bond motifs is 2. The van der Waals surface area contributed by atoms with Crippen molar-refractivity contribution in [1.82, 2.24) is 15.2 Å². The number of para-hydroxylation sites is 1. The highest BCUT2D eigenvalue weighted by Gasteiger charge is 2.40. The van der Waals surface area contributed by atoms with Crippen LogP contribution in [0.2, 0.25) is 0 Å². The predicted molar refractivity (Wildman–Crippen MR) is 122 cm³/mol. The Kier molecular flexibility index (Phi) is 4.94. The third kappa shape index (κ3) is 3.35. The Bertz CT molecular complexity index is 1060. The quantitative estimate of drug-likeness (QED) is 0.586. The van der Waals surface area contributed by atoms with Gasteiger partial charge in [-0.1, -0.05) is 12.1 Å². The van der Waals surface area contributed by atoms with E-state index in [1.807, 2.05) is 36.5 Å². The van der Waals surface area contributed by atoms with E-state index < -0.39 is 0 Å². The van der Waals surface area contributed by atoms with Crippen LogP contribution in [0.3, 0.4) is 0 Å². The van der Waals surface area contributed by atoms with Crippen LogP contribution in [-0.4, -0.2) is 47.5 Å². The van der Waals surface area contributed by atoms with E-state index in [9.17, 15) is 0 Å². The number of benzene rings is 1. The normalized spacial score (nSPS) is 20.5. The number of aromatic nitrogens is 3. The van der Waals surface area contributed by atoms with Gasteiger partial charge in [0.25, 0.3) is 0 Å². The third-order valence-electron chi connectivity index (χ3n) is 6.02. The summed E-state index contributed by atoms with van der Waals surface area (Å²) < 4.78 is 6.37. The minimum atomic E-state index is 0.431. The van der Waals surface area contributed by atoms with E-state index in [4.69, 9.17) is 10.5 Å². The van der Waals surface area contributed by atoms with Gasteiger partial charge in [0.2, 0.25) is 0 Å². The van der Waals surface area contributed by atoms with E-state index in [1.165, 1.54) is 18.5 Å². The first-order valence-corrected chi connectivity index (χ1v) is 10.8. The summed E-state index contributed by atoms with van der Waals surface area (Å²) in [6.07, 6.45) is 4.19. The molecule has 1 aromatic carbocycles. The summed E-state index contributed by atoms with van der Waals surface area (Å²) in [7, 11) is 1.67. The number of ether oxygens (including phenoxy) is 1. The largest absolute Gasteiger partial charge is 0.496 e. The lowest BCUT2D eigenvalue weighted by molar-refractivity contribution is 0.416. The molecular formula is C22H23BrN6O. The molecule has 3 aromatic rings. The monoisotopic (exact) mass is 466 g/mol. The molecule has 0 amide bonds. The maximum Gasteiger partial charge on any atom is 0.169 e. The van der Waals surface area contributed by atoms with Gasteiger partial charge >= 0.3 is 0 Å². The second kappa shape index (κ2) is 7.75. The molecule has 0 radical (unpaired) electrons. The number of nitrogens with zero attached hydrogens (tertiary/aromatic N) is 5. The summed E-state index contributed by atoms with van der Waals surface area (Å²) in [5, 5.41) is 8.60. The molecule has 0 saturated carbocycles. The van der Waals surface area contributed by atoms with Crippen molar-refractivity contribution < 1.29 is 4.74 Å². The Labute approximate surface area is 184 Å². The molecule has 2 aliphatic rings. The fraction of sp³-hybridized carbons (Fsp3) is 0.318. The lowest BCUT2D eigenvalue weighted by atomic mass is 10.1. The van der Waals surface area contributed by atoms with Crippen LogP contribution >= 0.6 is 15.9 Å². The average molecular weight is 467 g/mol. The molecule has 2 aliphatic heterocycles. The number of hydrogen-bond acceptors (Lipinski definition) is 7. The molecule has 2 bridgehead atoms. The fourth-order valence-electron chi connectivity index (χ4n) is 4.71. The molecule has 30 heavy (non-hydrogen) atoms. The van der Waals surface area contributed by atoms with Crippen molar-refractivity contribution in [3.05, 3.63) is 53.3 Å². The maximum absolute atomic E-state index is 6.27. The van der Waals surface area contributed by atoms with Gasteiger partial charge in [-0.15, -0.1) is 10.2 Å². The topological polar surface area (TPSA) is 80.4 Å². The second-order valence-electron chi connectivity index (χ2n) is 7.73. The molecule has 8 heteroatoms. The van der Waals surface area contributed by atoms with Crippen LogP contribution in [-0.2, 0) is 0 Å². The standard InChI is InChI=1S/C22H23BrN6O/c1-30-20-5-3-2-4-17(20)18-11-19(22(24)27-26-18)28-12-15-6-7-16(13-28)29(15)14-8-9-25-21(23)10-14/h2-5,8-11,15-16H,6-7,12-13H2,1H3,(H2,24,27). The highest BCUT2D eigenvalue weighted by atomic mass is 79.9. The van der Waals surface area contributed by atoms with Gasteiger partial charge in [-0.25, -0.2) is 4.98 Å². The number of halogens is 1. The lowest BCUT2D eigenvalue weighted by Crippen LogP contribution is -2.54. The third-order valence-corrected chi connectivity index (χ3v) is 6.45. The molecule has 7 nitrogen and oxygen atoms in total. The number of piperazine rings is 1. The Morgan fingerprint density at radius 3 is 2.57 bits per heavy atom. The van der Waals surface area contributed by atoms with Crippen LogP contribution < -0.4 is 20.3 Å². The van der Waals surface area contributed by atoms with Gasteiger partial charge in [0, 0.05) is 42.6 Å². The van der Waals surface area contributed by atoms with Gasteiger partial charge in [0.1, 0.15) is 10.4 Å². The number of pyridine rings is 1. The van der Waals surface area contributed by atoms with E-state index in [0.717, 1.165) is 40.4 Å². The van der Waals surface area contributed by atoms with Crippen molar-refractivity contribution >= 4 is 33.1 Å². The van der Waals surface area contributed by atoms with E-state index in [0.29, 0.717) is 17.9 Å². The molecular weight excluding hydrogens is 444 g/mol. The van der Waals surface area contributed by atoms with Crippen molar-refractivity contribution in [2.45, 2.75) is 24.9 Å². The van der Waals surface area contributed by atoms with Gasteiger partial charge in [-0.05, 0) is 59.1 Å². The van der Waals surface area contributed by atoms with Crippen LogP contribution in [0, 0.1) is 0 Å². The molecule has 2 unspecified atom stereocenters. The second-order valence-corrected chi connectivity index (χ2v) is 8.55. The van der Waals surface area contributed by atoms with Crippen LogP contribution in [0.15, 0.2) is 53.3 Å². The maximum atomic E-state index is 6.27. The molecule has 0 aliphatic carbocycles. The van der Waals surface area contributed by atoms with Crippen molar-refractivity contribution in [3.63, 3.8) is 0 Å². The zero-order valence-corrected chi connectivity index (χ0v) is 18.3. The van der Waals surface area contributed by atoms with Gasteiger partial charge in [-0.2, -0.15) is 0 Å². The SMILES string of the molecule is COc1ccccc1-c1cc(N2CC3CCC(C2)N3c2ccnc(Br)c2)c(N)nn1. The highest BCUT2D eigenvalue weighted by molar-refractivity contribution is 9.10. The first-order chi connectivity index (χ1) is 14.6. The minimum absolute atomic E-state index is 0.431. The predicted octanol–water partition coefficient (Wildman–Crippen LogP) is 3.75. The fourth-order valence-corrected chi connectivity index (χ4v) is 5.06. The number of rotatable bonds is 4. The van der Waals surface area contributed by atoms with Crippen LogP contribution in [0.25, 0.3) is 11.3 Å². The minimum Gasteiger partial charge on any atom is -0.496 e. The zero-order chi connectivity index (χ0) is 20.7. The summed E-state index contributed by atoms with van der Waals surface area (Å²) in [6, 6.07) is 14.9. The first-order valence-electron chi connectivity index (χ1n) is 10.1. The van der Waals surface area contributed by atoms with E-state index >= 15 is 0 Å². The van der Waals surface area contributed by atoms with Crippen molar-refractivity contribution in [1.29, 1.82) is 0 Å². The van der Waals surface area contributed by atoms with Gasteiger partial charge in [0.15, 0.2) is 5.82 Å². The summed E-state index contributed by atoms with van der Waals surface area (Å²) >= 11 is 3.50. The Balaban J connectivity index is 1.45. The number of nitrogen functional groups attached to an aromatic ring is 1. The Morgan fingerprint density at radius 1 is 1.07 bits per heavy atom. The molecule has 0 spiro atoms. The molecule has 154 valence electrons. The molecule has 2 saturated heterocycles. The number of anilines is 3. The van der Waals surface area contributed by atoms with Gasteiger partial charge < -0.3 is 20.3 Å². The molecule has 4 heterocycles. The van der Waals surface area contributed by atoms with Crippen molar-refractivity contribution in [3.8, 4) is 17.0 Å². The van der Waals surface area contributed by atoms with Crippen molar-refractivity contribution in [2.24, 2.45) is 0 Å². The Hall–Kier alpha value is -2.87. The smallest absolute Gasteiger partial charge is 0.169 e. The lowest BCUT2D eigenvalue weighted by Gasteiger charge is -2.43. The van der Waals surface area contributed by atoms with Gasteiger partial charge in [-0.3, -0.25) is 0 Å². The molecule has 2 fully saturated rings. The van der Waals surface area contributed by atoms with Crippen LogP contribution in [0.4, 0.5) is 17.2 Å². The molecule has 2 aromatic heterocycles. The number of methoxy groups -OCH3 is 1. The van der Waals surface area contributed by atoms with Crippen LogP contribution in [0.5, 0.6) is 5.75 Å². The summed E-state index contributed by atoms with van der Waals surface area (Å²) in [4.78, 5) is 9.17. The Morgan fingerprint density at radius 2 is 1.83 bits per heavy atom. The first kappa shape index (κ1) is 19.1. The number of nitrogens with two attached hydrogens (primary N) is 1. The van der Waals surface area contributed by atoms with Crippen molar-refractivity contribution in [2.75, 3.05) is 35.7 Å². The average Bonchev–Trinajstić information content (AvgIpc) is 3.03. The number of hydrogen-bond donors (Lipinski definition) is 1.